The lowest BCUT2D eigenvalue weighted by Gasteiger charge is -2.27. The summed E-state index contributed by atoms with van der Waals surface area (Å²) in [6.07, 6.45) is 7.54. The Balaban J connectivity index is 2.07. The van der Waals surface area contributed by atoms with Gasteiger partial charge in [-0.2, -0.15) is 5.01 Å². The lowest BCUT2D eigenvalue weighted by Crippen LogP contribution is -2.41. The summed E-state index contributed by atoms with van der Waals surface area (Å²) in [6, 6.07) is 0. The number of hydrazone groups is 1. The number of nitrogens with one attached hydrogen (secondary N) is 2. The molecule has 0 aromatic heterocycles. The summed E-state index contributed by atoms with van der Waals surface area (Å²) in [7, 11) is 1.85. The van der Waals surface area contributed by atoms with Gasteiger partial charge in [0.2, 0.25) is 5.96 Å². The Morgan fingerprint density at radius 3 is 3.11 bits per heavy atom. The van der Waals surface area contributed by atoms with E-state index in [1.165, 1.54) is 0 Å². The van der Waals surface area contributed by atoms with Crippen molar-refractivity contribution in [2.45, 2.75) is 6.92 Å². The maximum absolute atomic E-state index is 4.50. The molecule has 2 N–H and O–H groups in total. The van der Waals surface area contributed by atoms with Gasteiger partial charge in [-0.15, -0.1) is 5.10 Å². The van der Waals surface area contributed by atoms with E-state index in [-0.39, 0.29) is 0 Å². The summed E-state index contributed by atoms with van der Waals surface area (Å²) in [5.74, 6) is 2.30. The van der Waals surface area contributed by atoms with Crippen LogP contribution in [0.1, 0.15) is 6.92 Å². The Hall–Kier alpha value is -2.37. The zero-order valence-electron chi connectivity index (χ0n) is 11.2. The normalized spacial score (nSPS) is 18.1. The highest BCUT2D eigenvalue weighted by Gasteiger charge is 2.23. The van der Waals surface area contributed by atoms with Crippen LogP contribution in [0.4, 0.5) is 0 Å². The Morgan fingerprint density at radius 2 is 2.37 bits per heavy atom. The van der Waals surface area contributed by atoms with Gasteiger partial charge in [0.05, 0.1) is 0 Å². The molecule has 6 nitrogen and oxygen atoms in total. The third kappa shape index (κ3) is 3.09. The number of hydrogen-bond acceptors (Lipinski definition) is 6. The molecule has 0 fully saturated rings. The minimum Gasteiger partial charge on any atom is -0.373 e. The molecule has 6 heteroatoms. The van der Waals surface area contributed by atoms with E-state index < -0.39 is 0 Å². The van der Waals surface area contributed by atoms with Gasteiger partial charge in [-0.1, -0.05) is 24.8 Å². The van der Waals surface area contributed by atoms with E-state index in [1.807, 2.05) is 32.2 Å². The monoisotopic (exact) mass is 258 g/mol. The molecule has 0 unspecified atom stereocenters. The fourth-order valence-corrected chi connectivity index (χ4v) is 1.71. The lowest BCUT2D eigenvalue weighted by atomic mass is 10.3. The number of aliphatic imine (C=N–C) groups is 2. The Morgan fingerprint density at radius 1 is 1.53 bits per heavy atom. The topological polar surface area (TPSA) is 64.4 Å². The summed E-state index contributed by atoms with van der Waals surface area (Å²) in [5.41, 5.74) is 0.917. The van der Waals surface area contributed by atoms with Gasteiger partial charge < -0.3 is 10.6 Å². The van der Waals surface area contributed by atoms with Crippen LogP contribution in [-0.4, -0.2) is 42.7 Å². The fourth-order valence-electron chi connectivity index (χ4n) is 1.71. The first-order chi connectivity index (χ1) is 9.24. The zero-order valence-corrected chi connectivity index (χ0v) is 11.2. The second-order valence-corrected chi connectivity index (χ2v) is 4.05. The largest absolute Gasteiger partial charge is 0.373 e. The summed E-state index contributed by atoms with van der Waals surface area (Å²) in [4.78, 5) is 8.78. The van der Waals surface area contributed by atoms with Crippen LogP contribution in [0.25, 0.3) is 0 Å². The summed E-state index contributed by atoms with van der Waals surface area (Å²) in [6.45, 7) is 6.78. The average Bonchev–Trinajstić information content (AvgIpc) is 2.43. The van der Waals surface area contributed by atoms with Gasteiger partial charge in [0.25, 0.3) is 0 Å². The van der Waals surface area contributed by atoms with Crippen LogP contribution in [0.5, 0.6) is 0 Å². The highest BCUT2D eigenvalue weighted by Crippen LogP contribution is 2.13. The van der Waals surface area contributed by atoms with Crippen molar-refractivity contribution >= 4 is 17.5 Å². The predicted molar refractivity (Wildman–Crippen MR) is 79.2 cm³/mol. The van der Waals surface area contributed by atoms with Crippen molar-refractivity contribution in [3.8, 4) is 0 Å². The predicted octanol–water partition coefficient (Wildman–Crippen LogP) is 0.839. The maximum atomic E-state index is 4.50. The number of guanidine groups is 1. The van der Waals surface area contributed by atoms with Crippen molar-refractivity contribution in [1.82, 2.24) is 15.6 Å². The van der Waals surface area contributed by atoms with E-state index >= 15 is 0 Å². The zero-order chi connectivity index (χ0) is 13.7. The van der Waals surface area contributed by atoms with Gasteiger partial charge >= 0.3 is 0 Å². The molecule has 0 radical (unpaired) electrons. The van der Waals surface area contributed by atoms with E-state index in [9.17, 15) is 0 Å². The molecule has 100 valence electrons. The number of allylic oxidation sites excluding steroid dienone is 3. The third-order valence-corrected chi connectivity index (χ3v) is 2.58. The third-order valence-electron chi connectivity index (χ3n) is 2.58. The van der Waals surface area contributed by atoms with Gasteiger partial charge in [-0.3, -0.25) is 0 Å². The molecular formula is C13H18N6. The SMILES string of the molecule is C=C/C=C/CNC1=NN2C(NC)=CC(C)=NC2=NC1. The van der Waals surface area contributed by atoms with Gasteiger partial charge in [-0.25, -0.2) is 9.98 Å². The smallest absolute Gasteiger partial charge is 0.248 e. The van der Waals surface area contributed by atoms with Gasteiger partial charge in [0.15, 0.2) is 0 Å². The summed E-state index contributed by atoms with van der Waals surface area (Å²) >= 11 is 0. The number of fused-ring (bicyclic) bond motifs is 1. The summed E-state index contributed by atoms with van der Waals surface area (Å²) < 4.78 is 0. The number of rotatable bonds is 4. The number of hydrogen-bond donors (Lipinski definition) is 2. The molecule has 0 saturated carbocycles. The van der Waals surface area contributed by atoms with Crippen molar-refractivity contribution < 1.29 is 0 Å². The minimum atomic E-state index is 0.515. The summed E-state index contributed by atoms with van der Waals surface area (Å²) in [5, 5.41) is 12.5. The first-order valence-corrected chi connectivity index (χ1v) is 6.13. The lowest BCUT2D eigenvalue weighted by molar-refractivity contribution is 0.489. The minimum absolute atomic E-state index is 0.515. The van der Waals surface area contributed by atoms with Crippen LogP contribution in [0, 0.1) is 0 Å². The molecule has 2 heterocycles. The van der Waals surface area contributed by atoms with Gasteiger partial charge in [0, 0.05) is 25.4 Å². The second kappa shape index (κ2) is 5.99. The highest BCUT2D eigenvalue weighted by molar-refractivity contribution is 6.06. The van der Waals surface area contributed by atoms with E-state index in [0.717, 1.165) is 17.4 Å². The molecule has 2 aliphatic heterocycles. The van der Waals surface area contributed by atoms with Crippen molar-refractivity contribution in [3.05, 3.63) is 36.7 Å². The first-order valence-electron chi connectivity index (χ1n) is 6.13. The van der Waals surface area contributed by atoms with Crippen molar-refractivity contribution in [1.29, 1.82) is 0 Å². The highest BCUT2D eigenvalue weighted by atomic mass is 15.6. The molecular weight excluding hydrogens is 240 g/mol. The molecule has 2 rings (SSSR count). The standard InChI is InChI=1S/C13H18N6/c1-4-5-6-7-15-11-9-16-13-17-10(2)8-12(14-3)19(13)18-11/h4-6,8,14H,1,7,9H2,2-3H3,(H,15,18)/b6-5+. The van der Waals surface area contributed by atoms with Crippen LogP contribution in [0.15, 0.2) is 51.8 Å². The Labute approximate surface area is 113 Å². The van der Waals surface area contributed by atoms with Gasteiger partial charge in [0.1, 0.15) is 18.2 Å². The van der Waals surface area contributed by atoms with E-state index in [4.69, 9.17) is 0 Å². The molecule has 0 spiro atoms. The average molecular weight is 258 g/mol. The van der Waals surface area contributed by atoms with Crippen molar-refractivity contribution in [2.75, 3.05) is 20.1 Å². The second-order valence-electron chi connectivity index (χ2n) is 4.05. The molecule has 19 heavy (non-hydrogen) atoms. The fraction of sp³-hybridized carbons (Fsp3) is 0.308. The van der Waals surface area contributed by atoms with E-state index in [1.54, 1.807) is 11.1 Å². The molecule has 0 aliphatic carbocycles. The maximum Gasteiger partial charge on any atom is 0.248 e. The van der Waals surface area contributed by atoms with Crippen LogP contribution >= 0.6 is 0 Å². The molecule has 0 atom stereocenters. The molecule has 2 aliphatic rings. The van der Waals surface area contributed by atoms with E-state index in [0.29, 0.717) is 19.0 Å². The van der Waals surface area contributed by atoms with Gasteiger partial charge in [-0.05, 0) is 6.92 Å². The van der Waals surface area contributed by atoms with Crippen LogP contribution < -0.4 is 10.6 Å². The number of nitrogens with zero attached hydrogens (tertiary/aromatic N) is 4. The van der Waals surface area contributed by atoms with Crippen molar-refractivity contribution in [2.24, 2.45) is 15.1 Å². The molecule has 0 aromatic rings. The van der Waals surface area contributed by atoms with Crippen LogP contribution in [0.3, 0.4) is 0 Å². The molecule has 0 amide bonds. The van der Waals surface area contributed by atoms with Crippen LogP contribution in [0.2, 0.25) is 0 Å². The molecule has 0 saturated heterocycles. The number of amidine groups is 1. The Bertz CT molecular complexity index is 509. The first kappa shape index (κ1) is 13.1. The van der Waals surface area contributed by atoms with E-state index in [2.05, 4.69) is 32.3 Å². The quantitative estimate of drug-likeness (QED) is 0.734. The molecule has 0 bridgehead atoms. The van der Waals surface area contributed by atoms with Crippen LogP contribution in [-0.2, 0) is 0 Å². The Kier molecular flexibility index (Phi) is 4.12. The van der Waals surface area contributed by atoms with Crippen molar-refractivity contribution in [3.63, 3.8) is 0 Å². The molecule has 0 aromatic carbocycles.